The van der Waals surface area contributed by atoms with Crippen LogP contribution in [-0.2, 0) is 6.54 Å². The Morgan fingerprint density at radius 3 is 2.78 bits per heavy atom. The van der Waals surface area contributed by atoms with E-state index >= 15 is 0 Å². The molecule has 4 aliphatic rings. The van der Waals surface area contributed by atoms with Crippen molar-refractivity contribution in [3.63, 3.8) is 0 Å². The number of rotatable bonds is 2. The molecule has 3 unspecified atom stereocenters. The van der Waals surface area contributed by atoms with Gasteiger partial charge in [-0.05, 0) is 68.7 Å². The average molecular weight is 362 g/mol. The third-order valence-electron chi connectivity index (χ3n) is 7.25. The first kappa shape index (κ1) is 17.1. The average Bonchev–Trinajstić information content (AvgIpc) is 3.25. The van der Waals surface area contributed by atoms with Crippen molar-refractivity contribution >= 4 is 5.70 Å². The molecule has 0 saturated carbocycles. The van der Waals surface area contributed by atoms with Crippen molar-refractivity contribution in [2.75, 3.05) is 13.1 Å². The van der Waals surface area contributed by atoms with Gasteiger partial charge in [0.25, 0.3) is 0 Å². The van der Waals surface area contributed by atoms with Crippen LogP contribution in [-0.4, -0.2) is 35.0 Å². The van der Waals surface area contributed by atoms with Crippen LogP contribution in [0.5, 0.6) is 0 Å². The summed E-state index contributed by atoms with van der Waals surface area (Å²) in [5.74, 6) is 0.728. The maximum absolute atomic E-state index is 4.42. The Balaban J connectivity index is 1.35. The molecule has 3 atom stereocenters. The minimum Gasteiger partial charge on any atom is -0.362 e. The summed E-state index contributed by atoms with van der Waals surface area (Å²) in [4.78, 5) is 5.15. The van der Waals surface area contributed by atoms with E-state index in [9.17, 15) is 0 Å². The summed E-state index contributed by atoms with van der Waals surface area (Å²) in [6, 6.07) is 8.33. The number of nitrogens with zero attached hydrogens (tertiary/aromatic N) is 2. The van der Waals surface area contributed by atoms with Gasteiger partial charge in [0.1, 0.15) is 0 Å². The summed E-state index contributed by atoms with van der Waals surface area (Å²) in [5.41, 5.74) is 7.62. The number of nitrogens with one attached hydrogen (secondary N) is 1. The van der Waals surface area contributed by atoms with Crippen molar-refractivity contribution in [3.8, 4) is 0 Å². The van der Waals surface area contributed by atoms with E-state index in [2.05, 4.69) is 53.1 Å². The van der Waals surface area contributed by atoms with Gasteiger partial charge in [0.2, 0.25) is 0 Å². The Labute approximate surface area is 163 Å². The standard InChI is InChI=1S/C24H31N3/c1-16-6-9-24(17(2)25-16)27-15-21-13-19(7-8-23(21)18(27)3)20-10-12-26-11-4-5-22(26)14-20/h7-8,13,20,22,24-25H,1-6,9-12,14-15H2. The highest BCUT2D eigenvalue weighted by Crippen LogP contribution is 2.41. The summed E-state index contributed by atoms with van der Waals surface area (Å²) in [6.45, 7) is 16.3. The lowest BCUT2D eigenvalue weighted by atomic mass is 9.84. The van der Waals surface area contributed by atoms with Crippen molar-refractivity contribution in [1.29, 1.82) is 0 Å². The molecule has 27 heavy (non-hydrogen) atoms. The molecule has 3 saturated heterocycles. The summed E-state index contributed by atoms with van der Waals surface area (Å²) < 4.78 is 0. The molecule has 3 fully saturated rings. The predicted molar refractivity (Wildman–Crippen MR) is 112 cm³/mol. The minimum absolute atomic E-state index is 0.320. The molecule has 1 aromatic rings. The fourth-order valence-corrected chi connectivity index (χ4v) is 5.74. The molecule has 0 aliphatic carbocycles. The number of hydrogen-bond acceptors (Lipinski definition) is 3. The van der Waals surface area contributed by atoms with Crippen molar-refractivity contribution < 1.29 is 0 Å². The molecule has 0 aromatic heterocycles. The topological polar surface area (TPSA) is 18.5 Å². The second-order valence-electron chi connectivity index (χ2n) is 8.85. The second kappa shape index (κ2) is 6.56. The van der Waals surface area contributed by atoms with Gasteiger partial charge in [-0.3, -0.25) is 0 Å². The lowest BCUT2D eigenvalue weighted by Gasteiger charge is -2.36. The first-order valence-electron chi connectivity index (χ1n) is 10.6. The monoisotopic (exact) mass is 361 g/mol. The zero-order valence-corrected chi connectivity index (χ0v) is 16.3. The first-order chi connectivity index (χ1) is 13.1. The van der Waals surface area contributed by atoms with E-state index < -0.39 is 0 Å². The van der Waals surface area contributed by atoms with Gasteiger partial charge in [0.05, 0.1) is 6.04 Å². The van der Waals surface area contributed by atoms with Crippen LogP contribution < -0.4 is 5.32 Å². The molecule has 0 radical (unpaired) electrons. The summed E-state index contributed by atoms with van der Waals surface area (Å²) in [6.07, 6.45) is 7.52. The van der Waals surface area contributed by atoms with Crippen molar-refractivity contribution in [2.24, 2.45) is 0 Å². The van der Waals surface area contributed by atoms with Gasteiger partial charge in [-0.2, -0.15) is 0 Å². The number of piperidine rings is 2. The van der Waals surface area contributed by atoms with Crippen LogP contribution in [0, 0.1) is 0 Å². The third kappa shape index (κ3) is 2.93. The van der Waals surface area contributed by atoms with Crippen molar-refractivity contribution in [3.05, 3.63) is 66.0 Å². The Hall–Kier alpha value is -2.00. The molecule has 0 bridgehead atoms. The largest absolute Gasteiger partial charge is 0.362 e. The van der Waals surface area contributed by atoms with Gasteiger partial charge in [0.15, 0.2) is 0 Å². The molecule has 142 valence electrons. The van der Waals surface area contributed by atoms with E-state index in [-0.39, 0.29) is 0 Å². The smallest absolute Gasteiger partial charge is 0.0693 e. The number of benzene rings is 1. The van der Waals surface area contributed by atoms with Crippen LogP contribution >= 0.6 is 0 Å². The van der Waals surface area contributed by atoms with Crippen molar-refractivity contribution in [1.82, 2.24) is 15.1 Å². The quantitative estimate of drug-likeness (QED) is 0.831. The summed E-state index contributed by atoms with van der Waals surface area (Å²) >= 11 is 0. The Kier molecular flexibility index (Phi) is 4.16. The molecular formula is C24H31N3. The SMILES string of the molecule is C=C1CCC(N2Cc3cc(C4CCN5CCCC5C4)ccc3C2=C)C(=C)N1. The van der Waals surface area contributed by atoms with E-state index in [1.807, 2.05) is 0 Å². The highest BCUT2D eigenvalue weighted by Gasteiger charge is 2.35. The highest BCUT2D eigenvalue weighted by atomic mass is 15.2. The number of fused-ring (bicyclic) bond motifs is 2. The molecule has 5 rings (SSSR count). The molecule has 1 aromatic carbocycles. The van der Waals surface area contributed by atoms with E-state index in [0.717, 1.165) is 48.4 Å². The Morgan fingerprint density at radius 2 is 1.93 bits per heavy atom. The normalized spacial score (nSPS) is 31.0. The van der Waals surface area contributed by atoms with Crippen LogP contribution in [0.25, 0.3) is 5.70 Å². The molecule has 3 heteroatoms. The van der Waals surface area contributed by atoms with E-state index in [4.69, 9.17) is 0 Å². The van der Waals surface area contributed by atoms with Crippen LogP contribution in [0.1, 0.15) is 61.1 Å². The van der Waals surface area contributed by atoms with Crippen LogP contribution in [0.2, 0.25) is 0 Å². The molecule has 0 spiro atoms. The Morgan fingerprint density at radius 1 is 1.04 bits per heavy atom. The maximum atomic E-state index is 4.42. The molecule has 3 nitrogen and oxygen atoms in total. The van der Waals surface area contributed by atoms with E-state index in [1.54, 1.807) is 5.56 Å². The van der Waals surface area contributed by atoms with Gasteiger partial charge in [-0.25, -0.2) is 0 Å². The summed E-state index contributed by atoms with van der Waals surface area (Å²) in [5, 5.41) is 3.36. The molecule has 0 amide bonds. The van der Waals surface area contributed by atoms with E-state index in [1.165, 1.54) is 49.9 Å². The second-order valence-corrected chi connectivity index (χ2v) is 8.85. The van der Waals surface area contributed by atoms with Crippen LogP contribution in [0.3, 0.4) is 0 Å². The third-order valence-corrected chi connectivity index (χ3v) is 7.25. The minimum atomic E-state index is 0.320. The number of hydrogen-bond donors (Lipinski definition) is 1. The van der Waals surface area contributed by atoms with Gasteiger partial charge in [0, 0.05) is 35.2 Å². The van der Waals surface area contributed by atoms with Gasteiger partial charge >= 0.3 is 0 Å². The fraction of sp³-hybridized carbons (Fsp3) is 0.500. The fourth-order valence-electron chi connectivity index (χ4n) is 5.74. The predicted octanol–water partition coefficient (Wildman–Crippen LogP) is 4.59. The zero-order valence-electron chi connectivity index (χ0n) is 16.3. The first-order valence-corrected chi connectivity index (χ1v) is 10.6. The number of allylic oxidation sites excluding steroid dienone is 1. The molecule has 4 heterocycles. The zero-order chi connectivity index (χ0) is 18.5. The van der Waals surface area contributed by atoms with Crippen LogP contribution in [0.15, 0.2) is 49.3 Å². The lowest BCUT2D eigenvalue weighted by molar-refractivity contribution is 0.181. The van der Waals surface area contributed by atoms with Gasteiger partial charge in [-0.1, -0.05) is 37.9 Å². The van der Waals surface area contributed by atoms with Crippen molar-refractivity contribution in [2.45, 2.75) is 63.1 Å². The molecule has 4 aliphatic heterocycles. The maximum Gasteiger partial charge on any atom is 0.0693 e. The van der Waals surface area contributed by atoms with Gasteiger partial charge in [-0.15, -0.1) is 0 Å². The van der Waals surface area contributed by atoms with E-state index in [0.29, 0.717) is 6.04 Å². The molecule has 1 N–H and O–H groups in total. The molecular weight excluding hydrogens is 330 g/mol. The van der Waals surface area contributed by atoms with Gasteiger partial charge < -0.3 is 15.1 Å². The summed E-state index contributed by atoms with van der Waals surface area (Å²) in [7, 11) is 0. The highest BCUT2D eigenvalue weighted by molar-refractivity contribution is 5.70. The van der Waals surface area contributed by atoms with Crippen LogP contribution in [0.4, 0.5) is 0 Å². The lowest BCUT2D eigenvalue weighted by Crippen LogP contribution is -2.39. The Bertz CT molecular complexity index is 808.